The standard InChI is InChI=1S/C10H19N/c1-2-10-9-5-3-4-8(6-9)7-11-10/h8-11H,2-7H2,1H3. The van der Waals surface area contributed by atoms with E-state index in [1.807, 2.05) is 0 Å². The van der Waals surface area contributed by atoms with Crippen LogP contribution in [0.4, 0.5) is 0 Å². The topological polar surface area (TPSA) is 12.0 Å². The summed E-state index contributed by atoms with van der Waals surface area (Å²) in [6.45, 7) is 3.61. The Morgan fingerprint density at radius 3 is 3.09 bits per heavy atom. The first-order valence-electron chi connectivity index (χ1n) is 5.13. The van der Waals surface area contributed by atoms with Gasteiger partial charge in [-0.25, -0.2) is 0 Å². The zero-order valence-corrected chi connectivity index (χ0v) is 7.47. The average molecular weight is 153 g/mol. The second kappa shape index (κ2) is 3.14. The summed E-state index contributed by atoms with van der Waals surface area (Å²) in [5.74, 6) is 2.05. The quantitative estimate of drug-likeness (QED) is 0.609. The van der Waals surface area contributed by atoms with Crippen LogP contribution in [0, 0.1) is 11.8 Å². The lowest BCUT2D eigenvalue weighted by molar-refractivity contribution is 0.151. The van der Waals surface area contributed by atoms with Gasteiger partial charge in [0.25, 0.3) is 0 Å². The molecule has 0 aromatic heterocycles. The number of hydrogen-bond acceptors (Lipinski definition) is 1. The number of fused-ring (bicyclic) bond motifs is 2. The van der Waals surface area contributed by atoms with Crippen LogP contribution in [0.15, 0.2) is 0 Å². The Balaban J connectivity index is 1.97. The molecule has 0 spiro atoms. The molecule has 3 unspecified atom stereocenters. The molecule has 64 valence electrons. The molecule has 1 nitrogen and oxygen atoms in total. The third kappa shape index (κ3) is 1.44. The first kappa shape index (κ1) is 7.60. The molecule has 0 radical (unpaired) electrons. The van der Waals surface area contributed by atoms with E-state index in [1.54, 1.807) is 0 Å². The van der Waals surface area contributed by atoms with E-state index >= 15 is 0 Å². The smallest absolute Gasteiger partial charge is 0.00929 e. The predicted molar refractivity (Wildman–Crippen MR) is 47.5 cm³/mol. The van der Waals surface area contributed by atoms with Gasteiger partial charge >= 0.3 is 0 Å². The van der Waals surface area contributed by atoms with Crippen molar-refractivity contribution in [2.24, 2.45) is 11.8 Å². The van der Waals surface area contributed by atoms with E-state index in [9.17, 15) is 0 Å². The lowest BCUT2D eigenvalue weighted by atomic mass is 9.74. The van der Waals surface area contributed by atoms with Crippen LogP contribution in [0.1, 0.15) is 39.0 Å². The number of nitrogens with one attached hydrogen (secondary N) is 1. The zero-order valence-electron chi connectivity index (χ0n) is 7.47. The molecule has 0 aromatic carbocycles. The molecular weight excluding hydrogens is 134 g/mol. The van der Waals surface area contributed by atoms with Crippen LogP contribution in [0.5, 0.6) is 0 Å². The summed E-state index contributed by atoms with van der Waals surface area (Å²) < 4.78 is 0. The van der Waals surface area contributed by atoms with Crippen molar-refractivity contribution in [3.8, 4) is 0 Å². The molecule has 1 heterocycles. The Labute approximate surface area is 69.6 Å². The maximum atomic E-state index is 3.67. The third-order valence-corrected chi connectivity index (χ3v) is 3.50. The Morgan fingerprint density at radius 2 is 2.27 bits per heavy atom. The molecule has 2 bridgehead atoms. The lowest BCUT2D eigenvalue weighted by Gasteiger charge is -2.40. The fraction of sp³-hybridized carbons (Fsp3) is 1.00. The van der Waals surface area contributed by atoms with Crippen LogP contribution in [0.3, 0.4) is 0 Å². The van der Waals surface area contributed by atoms with Gasteiger partial charge in [-0.1, -0.05) is 13.3 Å². The Bertz CT molecular complexity index is 133. The maximum absolute atomic E-state index is 3.67. The van der Waals surface area contributed by atoms with Crippen molar-refractivity contribution in [3.63, 3.8) is 0 Å². The summed E-state index contributed by atoms with van der Waals surface area (Å²) in [5.41, 5.74) is 0. The van der Waals surface area contributed by atoms with Gasteiger partial charge in [0.2, 0.25) is 0 Å². The minimum absolute atomic E-state index is 0.853. The van der Waals surface area contributed by atoms with E-state index in [4.69, 9.17) is 0 Å². The van der Waals surface area contributed by atoms with Gasteiger partial charge in [0.1, 0.15) is 0 Å². The predicted octanol–water partition coefficient (Wildman–Crippen LogP) is 2.17. The first-order valence-corrected chi connectivity index (χ1v) is 5.13. The van der Waals surface area contributed by atoms with Gasteiger partial charge in [-0.2, -0.15) is 0 Å². The number of piperidine rings is 1. The van der Waals surface area contributed by atoms with Crippen molar-refractivity contribution in [1.82, 2.24) is 5.32 Å². The Hall–Kier alpha value is -0.0400. The van der Waals surface area contributed by atoms with Crippen molar-refractivity contribution in [1.29, 1.82) is 0 Å². The molecular formula is C10H19N. The average Bonchev–Trinajstić information content (AvgIpc) is 2.06. The summed E-state index contributed by atoms with van der Waals surface area (Å²) >= 11 is 0. The molecule has 11 heavy (non-hydrogen) atoms. The van der Waals surface area contributed by atoms with E-state index in [0.29, 0.717) is 0 Å². The number of rotatable bonds is 1. The van der Waals surface area contributed by atoms with Crippen LogP contribution >= 0.6 is 0 Å². The highest BCUT2D eigenvalue weighted by Gasteiger charge is 2.31. The molecule has 1 saturated heterocycles. The van der Waals surface area contributed by atoms with Gasteiger partial charge in [-0.05, 0) is 44.1 Å². The van der Waals surface area contributed by atoms with Crippen molar-refractivity contribution in [2.75, 3.05) is 6.54 Å². The van der Waals surface area contributed by atoms with E-state index in [2.05, 4.69) is 12.2 Å². The highest BCUT2D eigenvalue weighted by atomic mass is 14.9. The van der Waals surface area contributed by atoms with Gasteiger partial charge < -0.3 is 5.32 Å². The van der Waals surface area contributed by atoms with Crippen LogP contribution < -0.4 is 5.32 Å². The van der Waals surface area contributed by atoms with Gasteiger partial charge in [-0.3, -0.25) is 0 Å². The van der Waals surface area contributed by atoms with E-state index in [0.717, 1.165) is 17.9 Å². The second-order valence-electron chi connectivity index (χ2n) is 4.22. The summed E-state index contributed by atoms with van der Waals surface area (Å²) in [5, 5.41) is 3.67. The molecule has 3 atom stereocenters. The van der Waals surface area contributed by atoms with Crippen LogP contribution in [-0.2, 0) is 0 Å². The summed E-state index contributed by atoms with van der Waals surface area (Å²) in [4.78, 5) is 0. The summed E-state index contributed by atoms with van der Waals surface area (Å²) in [6, 6.07) is 0.853. The number of hydrogen-bond donors (Lipinski definition) is 1. The summed E-state index contributed by atoms with van der Waals surface area (Å²) in [7, 11) is 0. The van der Waals surface area contributed by atoms with Crippen molar-refractivity contribution in [3.05, 3.63) is 0 Å². The highest BCUT2D eigenvalue weighted by molar-refractivity contribution is 4.87. The third-order valence-electron chi connectivity index (χ3n) is 3.50. The maximum Gasteiger partial charge on any atom is 0.00929 e. The van der Waals surface area contributed by atoms with Gasteiger partial charge in [-0.15, -0.1) is 0 Å². The molecule has 0 aromatic rings. The minimum atomic E-state index is 0.853. The first-order chi connectivity index (χ1) is 5.40. The van der Waals surface area contributed by atoms with Crippen LogP contribution in [0.2, 0.25) is 0 Å². The van der Waals surface area contributed by atoms with E-state index in [1.165, 1.54) is 38.6 Å². The van der Waals surface area contributed by atoms with Crippen molar-refractivity contribution in [2.45, 2.75) is 45.1 Å². The highest BCUT2D eigenvalue weighted by Crippen LogP contribution is 2.34. The lowest BCUT2D eigenvalue weighted by Crippen LogP contribution is -2.46. The molecule has 1 heteroatoms. The molecule has 0 amide bonds. The van der Waals surface area contributed by atoms with Gasteiger partial charge in [0.05, 0.1) is 0 Å². The van der Waals surface area contributed by atoms with Gasteiger partial charge in [0.15, 0.2) is 0 Å². The summed E-state index contributed by atoms with van der Waals surface area (Å²) in [6.07, 6.45) is 7.32. The molecule has 1 N–H and O–H groups in total. The Morgan fingerprint density at radius 1 is 1.36 bits per heavy atom. The molecule has 1 aliphatic carbocycles. The molecule has 2 fully saturated rings. The van der Waals surface area contributed by atoms with Crippen LogP contribution in [-0.4, -0.2) is 12.6 Å². The largest absolute Gasteiger partial charge is 0.313 e. The monoisotopic (exact) mass is 153 g/mol. The van der Waals surface area contributed by atoms with Crippen molar-refractivity contribution < 1.29 is 0 Å². The Kier molecular flexibility index (Phi) is 2.17. The SMILES string of the molecule is CCC1NCC2CCCC1C2. The van der Waals surface area contributed by atoms with E-state index < -0.39 is 0 Å². The minimum Gasteiger partial charge on any atom is -0.313 e. The second-order valence-corrected chi connectivity index (χ2v) is 4.22. The molecule has 2 aliphatic rings. The van der Waals surface area contributed by atoms with E-state index in [-0.39, 0.29) is 0 Å². The zero-order chi connectivity index (χ0) is 7.68. The molecule has 2 rings (SSSR count). The fourth-order valence-electron chi connectivity index (χ4n) is 2.85. The molecule has 1 aliphatic heterocycles. The van der Waals surface area contributed by atoms with Gasteiger partial charge in [0, 0.05) is 6.04 Å². The van der Waals surface area contributed by atoms with Crippen LogP contribution in [0.25, 0.3) is 0 Å². The molecule has 1 saturated carbocycles. The fourth-order valence-corrected chi connectivity index (χ4v) is 2.85. The normalized spacial score (nSPS) is 43.9. The van der Waals surface area contributed by atoms with Crippen molar-refractivity contribution >= 4 is 0 Å².